The number of carbonyl (C=O) groups is 2. The lowest BCUT2D eigenvalue weighted by molar-refractivity contribution is -0.141. The lowest BCUT2D eigenvalue weighted by atomic mass is 10.2. The van der Waals surface area contributed by atoms with E-state index in [4.69, 9.17) is 5.11 Å². The minimum atomic E-state index is -0.958. The molecule has 7 nitrogen and oxygen atoms in total. The topological polar surface area (TPSA) is 87.8 Å². The fraction of sp³-hybridized carbons (Fsp3) is 0.333. The molecule has 0 spiro atoms. The molecule has 3 heterocycles. The standard InChI is InChI=1S/C12H12N4O3/c17-11(15-4-1-2-9(15)12(18)19)8-6-14-16-5-3-13-7-10(8)16/h3,5-7,9H,1-2,4H2,(H,18,19). The summed E-state index contributed by atoms with van der Waals surface area (Å²) >= 11 is 0. The molecule has 1 fully saturated rings. The molecular weight excluding hydrogens is 248 g/mol. The first-order valence-electron chi connectivity index (χ1n) is 5.99. The molecule has 0 radical (unpaired) electrons. The molecule has 1 aliphatic rings. The lowest BCUT2D eigenvalue weighted by Crippen LogP contribution is -2.40. The Kier molecular flexibility index (Phi) is 2.66. The summed E-state index contributed by atoms with van der Waals surface area (Å²) in [5, 5.41) is 13.2. The van der Waals surface area contributed by atoms with Gasteiger partial charge in [0, 0.05) is 18.9 Å². The third-order valence-corrected chi connectivity index (χ3v) is 3.35. The van der Waals surface area contributed by atoms with Crippen LogP contribution in [-0.2, 0) is 4.79 Å². The van der Waals surface area contributed by atoms with Gasteiger partial charge in [0.1, 0.15) is 6.04 Å². The minimum Gasteiger partial charge on any atom is -0.480 e. The number of carbonyl (C=O) groups excluding carboxylic acids is 1. The second-order valence-corrected chi connectivity index (χ2v) is 4.46. The van der Waals surface area contributed by atoms with Crippen LogP contribution >= 0.6 is 0 Å². The Morgan fingerprint density at radius 3 is 3.00 bits per heavy atom. The summed E-state index contributed by atoms with van der Waals surface area (Å²) in [5.41, 5.74) is 0.977. The molecule has 0 saturated carbocycles. The van der Waals surface area contributed by atoms with Crippen molar-refractivity contribution in [2.75, 3.05) is 6.54 Å². The second-order valence-electron chi connectivity index (χ2n) is 4.46. The molecule has 1 N–H and O–H groups in total. The van der Waals surface area contributed by atoms with Crippen LogP contribution < -0.4 is 0 Å². The molecule has 0 bridgehead atoms. The predicted octanol–water partition coefficient (Wildman–Crippen LogP) is 0.418. The fourth-order valence-electron chi connectivity index (χ4n) is 2.42. The van der Waals surface area contributed by atoms with Crippen molar-refractivity contribution in [2.45, 2.75) is 18.9 Å². The van der Waals surface area contributed by atoms with E-state index in [9.17, 15) is 9.59 Å². The summed E-state index contributed by atoms with van der Waals surface area (Å²) in [6.45, 7) is 0.466. The second kappa shape index (κ2) is 4.34. The Labute approximate surface area is 108 Å². The molecule has 2 aromatic heterocycles. The van der Waals surface area contributed by atoms with Crippen molar-refractivity contribution in [3.8, 4) is 0 Å². The number of aromatic nitrogens is 3. The molecule has 3 rings (SSSR count). The summed E-state index contributed by atoms with van der Waals surface area (Å²) in [5.74, 6) is -1.26. The summed E-state index contributed by atoms with van der Waals surface area (Å²) in [6, 6.07) is -0.737. The maximum atomic E-state index is 12.4. The van der Waals surface area contributed by atoms with E-state index in [1.165, 1.54) is 11.1 Å². The van der Waals surface area contributed by atoms with Gasteiger partial charge in [-0.25, -0.2) is 9.31 Å². The first kappa shape index (κ1) is 11.6. The van der Waals surface area contributed by atoms with Gasteiger partial charge >= 0.3 is 5.97 Å². The average molecular weight is 260 g/mol. The average Bonchev–Trinajstić information content (AvgIpc) is 3.05. The molecule has 1 amide bonds. The van der Waals surface area contributed by atoms with Crippen molar-refractivity contribution in [2.24, 2.45) is 0 Å². The van der Waals surface area contributed by atoms with Crippen LogP contribution in [0, 0.1) is 0 Å². The number of carboxylic acids is 1. The maximum Gasteiger partial charge on any atom is 0.326 e. The summed E-state index contributed by atoms with van der Waals surface area (Å²) in [4.78, 5) is 28.9. The highest BCUT2D eigenvalue weighted by atomic mass is 16.4. The first-order chi connectivity index (χ1) is 9.18. The first-order valence-corrected chi connectivity index (χ1v) is 5.99. The summed E-state index contributed by atoms with van der Waals surface area (Å²) < 4.78 is 1.55. The molecular formula is C12H12N4O3. The highest BCUT2D eigenvalue weighted by Gasteiger charge is 2.35. The number of carboxylic acid groups (broad SMARTS) is 1. The Bertz CT molecular complexity index is 651. The predicted molar refractivity (Wildman–Crippen MR) is 64.7 cm³/mol. The van der Waals surface area contributed by atoms with E-state index in [1.54, 1.807) is 23.1 Å². The number of likely N-dealkylation sites (tertiary alicyclic amines) is 1. The fourth-order valence-corrected chi connectivity index (χ4v) is 2.42. The summed E-state index contributed by atoms with van der Waals surface area (Å²) in [7, 11) is 0. The molecule has 98 valence electrons. The zero-order chi connectivity index (χ0) is 13.4. The van der Waals surface area contributed by atoms with E-state index >= 15 is 0 Å². The summed E-state index contributed by atoms with van der Waals surface area (Å²) in [6.07, 6.45) is 7.43. The van der Waals surface area contributed by atoms with Gasteiger partial charge in [0.05, 0.1) is 23.5 Å². The molecule has 0 aromatic carbocycles. The van der Waals surface area contributed by atoms with Crippen LogP contribution in [-0.4, -0.2) is 49.1 Å². The molecule has 1 atom stereocenters. The van der Waals surface area contributed by atoms with E-state index in [2.05, 4.69) is 10.1 Å². The Morgan fingerprint density at radius 1 is 1.37 bits per heavy atom. The number of aliphatic carboxylic acids is 1. The highest BCUT2D eigenvalue weighted by Crippen LogP contribution is 2.21. The molecule has 19 heavy (non-hydrogen) atoms. The van der Waals surface area contributed by atoms with Gasteiger partial charge in [-0.05, 0) is 12.8 Å². The quantitative estimate of drug-likeness (QED) is 0.845. The molecule has 0 aliphatic carbocycles. The van der Waals surface area contributed by atoms with Crippen LogP contribution in [0.1, 0.15) is 23.2 Å². The highest BCUT2D eigenvalue weighted by molar-refractivity contribution is 6.02. The van der Waals surface area contributed by atoms with Gasteiger partial charge in [-0.3, -0.25) is 9.78 Å². The minimum absolute atomic E-state index is 0.298. The van der Waals surface area contributed by atoms with Gasteiger partial charge < -0.3 is 10.0 Å². The van der Waals surface area contributed by atoms with Crippen LogP contribution in [0.2, 0.25) is 0 Å². The van der Waals surface area contributed by atoms with E-state index < -0.39 is 12.0 Å². The van der Waals surface area contributed by atoms with Gasteiger partial charge in [0.25, 0.3) is 5.91 Å². The van der Waals surface area contributed by atoms with E-state index in [-0.39, 0.29) is 5.91 Å². The van der Waals surface area contributed by atoms with E-state index in [1.807, 2.05) is 0 Å². The Hall–Kier alpha value is -2.44. The zero-order valence-corrected chi connectivity index (χ0v) is 10.1. The zero-order valence-electron chi connectivity index (χ0n) is 10.1. The van der Waals surface area contributed by atoms with Gasteiger partial charge in [-0.2, -0.15) is 5.10 Å². The van der Waals surface area contributed by atoms with Gasteiger partial charge in [-0.1, -0.05) is 0 Å². The maximum absolute atomic E-state index is 12.4. The number of fused-ring (bicyclic) bond motifs is 1. The number of rotatable bonds is 2. The molecule has 7 heteroatoms. The van der Waals surface area contributed by atoms with Gasteiger partial charge in [-0.15, -0.1) is 0 Å². The van der Waals surface area contributed by atoms with Crippen molar-refractivity contribution < 1.29 is 14.7 Å². The van der Waals surface area contributed by atoms with Gasteiger partial charge in [0.15, 0.2) is 0 Å². The molecule has 1 saturated heterocycles. The lowest BCUT2D eigenvalue weighted by Gasteiger charge is -2.20. The van der Waals surface area contributed by atoms with Crippen LogP contribution in [0.15, 0.2) is 24.8 Å². The molecule has 2 aromatic rings. The number of hydrogen-bond acceptors (Lipinski definition) is 4. The third kappa shape index (κ3) is 1.83. The van der Waals surface area contributed by atoms with E-state index in [0.717, 1.165) is 0 Å². The van der Waals surface area contributed by atoms with Crippen molar-refractivity contribution >= 4 is 17.4 Å². The Morgan fingerprint density at radius 2 is 2.21 bits per heavy atom. The largest absolute Gasteiger partial charge is 0.480 e. The van der Waals surface area contributed by atoms with Crippen molar-refractivity contribution in [1.82, 2.24) is 19.5 Å². The van der Waals surface area contributed by atoms with Crippen molar-refractivity contribution in [3.05, 3.63) is 30.4 Å². The van der Waals surface area contributed by atoms with Crippen molar-refractivity contribution in [3.63, 3.8) is 0 Å². The monoisotopic (exact) mass is 260 g/mol. The normalized spacial score (nSPS) is 18.9. The van der Waals surface area contributed by atoms with Crippen LogP contribution in [0.25, 0.3) is 5.52 Å². The third-order valence-electron chi connectivity index (χ3n) is 3.35. The Balaban J connectivity index is 1.98. The van der Waals surface area contributed by atoms with Crippen LogP contribution in [0.5, 0.6) is 0 Å². The number of amides is 1. The smallest absolute Gasteiger partial charge is 0.326 e. The van der Waals surface area contributed by atoms with Gasteiger partial charge in [0.2, 0.25) is 0 Å². The molecule has 1 unspecified atom stereocenters. The number of hydrogen-bond donors (Lipinski definition) is 1. The number of nitrogens with zero attached hydrogens (tertiary/aromatic N) is 4. The molecule has 1 aliphatic heterocycles. The van der Waals surface area contributed by atoms with Crippen LogP contribution in [0.3, 0.4) is 0 Å². The SMILES string of the molecule is O=C(O)C1CCCN1C(=O)c1cnn2ccncc12. The van der Waals surface area contributed by atoms with Crippen LogP contribution in [0.4, 0.5) is 0 Å². The van der Waals surface area contributed by atoms with Crippen molar-refractivity contribution in [1.29, 1.82) is 0 Å². The van der Waals surface area contributed by atoms with E-state index in [0.29, 0.717) is 30.5 Å².